The highest BCUT2D eigenvalue weighted by atomic mass is 16.1. The van der Waals surface area contributed by atoms with Crippen molar-refractivity contribution in [2.45, 2.75) is 0 Å². The fourth-order valence-electron chi connectivity index (χ4n) is 0.946. The van der Waals surface area contributed by atoms with E-state index in [0.717, 1.165) is 0 Å². The lowest BCUT2D eigenvalue weighted by molar-refractivity contribution is 0.103. The molecule has 0 bridgehead atoms. The van der Waals surface area contributed by atoms with Crippen LogP contribution in [-0.4, -0.2) is 26.2 Å². The van der Waals surface area contributed by atoms with Gasteiger partial charge in [0, 0.05) is 12.4 Å². The monoisotopic (exact) mass is 174 g/mol. The Bertz CT molecular complexity index is 395. The number of nitrogens with zero attached hydrogens (tertiary/aromatic N) is 3. The van der Waals surface area contributed by atoms with Crippen molar-refractivity contribution >= 4 is 5.78 Å². The van der Waals surface area contributed by atoms with E-state index in [4.69, 9.17) is 0 Å². The normalized spacial score (nSPS) is 9.85. The first-order chi connectivity index (χ1) is 6.38. The van der Waals surface area contributed by atoms with Crippen LogP contribution >= 0.6 is 0 Å². The number of aromatic nitrogens is 4. The van der Waals surface area contributed by atoms with Crippen LogP contribution in [0.3, 0.4) is 0 Å². The Morgan fingerprint density at radius 3 is 3.00 bits per heavy atom. The van der Waals surface area contributed by atoms with Gasteiger partial charge in [-0.25, -0.2) is 0 Å². The van der Waals surface area contributed by atoms with E-state index in [1.165, 1.54) is 18.6 Å². The molecule has 0 fully saturated rings. The lowest BCUT2D eigenvalue weighted by atomic mass is 10.2. The van der Waals surface area contributed by atoms with Gasteiger partial charge in [0.05, 0.1) is 11.8 Å². The number of hydrogen-bond donors (Lipinski definition) is 1. The quantitative estimate of drug-likeness (QED) is 0.670. The Morgan fingerprint density at radius 1 is 1.46 bits per heavy atom. The Balaban J connectivity index is 2.34. The molecular weight excluding hydrogens is 168 g/mol. The first-order valence-electron chi connectivity index (χ1n) is 3.69. The van der Waals surface area contributed by atoms with Gasteiger partial charge in [0.2, 0.25) is 5.78 Å². The van der Waals surface area contributed by atoms with Gasteiger partial charge in [-0.05, 0) is 12.1 Å². The molecule has 0 aliphatic rings. The molecule has 2 rings (SSSR count). The van der Waals surface area contributed by atoms with E-state index in [9.17, 15) is 4.79 Å². The van der Waals surface area contributed by atoms with Gasteiger partial charge in [0.1, 0.15) is 5.69 Å². The van der Waals surface area contributed by atoms with Crippen LogP contribution < -0.4 is 0 Å². The first kappa shape index (κ1) is 7.60. The fraction of sp³-hybridized carbons (Fsp3) is 0. The second-order valence-electron chi connectivity index (χ2n) is 2.43. The van der Waals surface area contributed by atoms with Crippen LogP contribution in [0.1, 0.15) is 16.1 Å². The van der Waals surface area contributed by atoms with E-state index in [1.807, 2.05) is 0 Å². The molecule has 0 spiro atoms. The zero-order chi connectivity index (χ0) is 9.10. The van der Waals surface area contributed by atoms with Gasteiger partial charge >= 0.3 is 0 Å². The van der Waals surface area contributed by atoms with Crippen molar-refractivity contribution in [3.63, 3.8) is 0 Å². The lowest BCUT2D eigenvalue weighted by Crippen LogP contribution is -2.03. The molecule has 0 aromatic carbocycles. The number of H-pyrrole nitrogens is 1. The van der Waals surface area contributed by atoms with Crippen molar-refractivity contribution in [3.05, 3.63) is 42.0 Å². The van der Waals surface area contributed by atoms with Crippen LogP contribution in [0.5, 0.6) is 0 Å². The number of ketones is 1. The molecule has 0 aliphatic carbocycles. The molecular formula is C8H6N4O. The third kappa shape index (κ3) is 1.44. The zero-order valence-electron chi connectivity index (χ0n) is 6.64. The van der Waals surface area contributed by atoms with Crippen molar-refractivity contribution < 1.29 is 4.79 Å². The first-order valence-corrected chi connectivity index (χ1v) is 3.69. The summed E-state index contributed by atoms with van der Waals surface area (Å²) in [6.45, 7) is 0. The van der Waals surface area contributed by atoms with Gasteiger partial charge in [0.25, 0.3) is 0 Å². The Labute approximate surface area is 73.8 Å². The molecule has 2 heterocycles. The van der Waals surface area contributed by atoms with E-state index in [1.54, 1.807) is 12.1 Å². The summed E-state index contributed by atoms with van der Waals surface area (Å²) in [4.78, 5) is 11.5. The Kier molecular flexibility index (Phi) is 1.84. The maximum atomic E-state index is 11.5. The average molecular weight is 174 g/mol. The van der Waals surface area contributed by atoms with E-state index in [0.29, 0.717) is 11.3 Å². The molecule has 5 nitrogen and oxygen atoms in total. The van der Waals surface area contributed by atoms with Crippen molar-refractivity contribution in [2.75, 3.05) is 0 Å². The number of nitrogens with one attached hydrogen (secondary N) is 1. The molecule has 13 heavy (non-hydrogen) atoms. The summed E-state index contributed by atoms with van der Waals surface area (Å²) in [6.07, 6.45) is 4.50. The Morgan fingerprint density at radius 2 is 2.38 bits per heavy atom. The number of rotatable bonds is 2. The maximum Gasteiger partial charge on any atom is 0.216 e. The molecule has 1 N–H and O–H groups in total. The molecule has 0 amide bonds. The second-order valence-corrected chi connectivity index (χ2v) is 2.43. The van der Waals surface area contributed by atoms with Crippen LogP contribution in [0.4, 0.5) is 0 Å². The summed E-state index contributed by atoms with van der Waals surface area (Å²) in [5.74, 6) is -0.179. The molecule has 0 unspecified atom stereocenters. The lowest BCUT2D eigenvalue weighted by Gasteiger charge is -1.92. The summed E-state index contributed by atoms with van der Waals surface area (Å²) in [5, 5.41) is 13.5. The molecule has 0 aliphatic heterocycles. The summed E-state index contributed by atoms with van der Waals surface area (Å²) >= 11 is 0. The van der Waals surface area contributed by atoms with Crippen LogP contribution in [-0.2, 0) is 0 Å². The minimum absolute atomic E-state index is 0.179. The fourth-order valence-corrected chi connectivity index (χ4v) is 0.946. The van der Waals surface area contributed by atoms with E-state index in [-0.39, 0.29) is 5.78 Å². The highest BCUT2D eigenvalue weighted by molar-refractivity contribution is 6.07. The van der Waals surface area contributed by atoms with Crippen molar-refractivity contribution in [2.24, 2.45) is 0 Å². The number of aromatic amines is 1. The molecule has 5 heteroatoms. The van der Waals surface area contributed by atoms with Gasteiger partial charge in [-0.1, -0.05) is 0 Å². The summed E-state index contributed by atoms with van der Waals surface area (Å²) in [5.41, 5.74) is 0.810. The predicted octanol–water partition coefficient (Wildman–Crippen LogP) is 0.431. The van der Waals surface area contributed by atoms with Crippen LogP contribution in [0.2, 0.25) is 0 Å². The average Bonchev–Trinajstić information content (AvgIpc) is 2.71. The molecule has 0 saturated carbocycles. The number of carbonyl (C=O) groups is 1. The van der Waals surface area contributed by atoms with Gasteiger partial charge in [0.15, 0.2) is 0 Å². The smallest absolute Gasteiger partial charge is 0.216 e. The van der Waals surface area contributed by atoms with Crippen molar-refractivity contribution in [1.29, 1.82) is 0 Å². The van der Waals surface area contributed by atoms with Crippen LogP contribution in [0.15, 0.2) is 30.7 Å². The van der Waals surface area contributed by atoms with Crippen LogP contribution in [0, 0.1) is 0 Å². The molecule has 0 atom stereocenters. The number of hydrogen-bond acceptors (Lipinski definition) is 4. The van der Waals surface area contributed by atoms with Crippen LogP contribution in [0.25, 0.3) is 0 Å². The zero-order valence-corrected chi connectivity index (χ0v) is 6.64. The standard InChI is InChI=1S/C8H6N4O/c13-8(6-4-10-11-5-6)7-2-1-3-9-12-7/h1-5H,(H,10,11). The molecule has 64 valence electrons. The minimum Gasteiger partial charge on any atom is -0.287 e. The summed E-state index contributed by atoms with van der Waals surface area (Å²) in [6, 6.07) is 3.28. The van der Waals surface area contributed by atoms with Gasteiger partial charge in [-0.15, -0.1) is 5.10 Å². The minimum atomic E-state index is -0.179. The van der Waals surface area contributed by atoms with E-state index < -0.39 is 0 Å². The maximum absolute atomic E-state index is 11.5. The van der Waals surface area contributed by atoms with Gasteiger partial charge in [-0.3, -0.25) is 9.89 Å². The molecule has 2 aromatic heterocycles. The Hall–Kier alpha value is -2.04. The molecule has 0 radical (unpaired) electrons. The van der Waals surface area contributed by atoms with Gasteiger partial charge in [-0.2, -0.15) is 10.2 Å². The molecule has 0 saturated heterocycles. The van der Waals surface area contributed by atoms with E-state index in [2.05, 4.69) is 20.4 Å². The number of carbonyl (C=O) groups excluding carboxylic acids is 1. The van der Waals surface area contributed by atoms with Crippen molar-refractivity contribution in [1.82, 2.24) is 20.4 Å². The highest BCUT2D eigenvalue weighted by Gasteiger charge is 2.10. The topological polar surface area (TPSA) is 71.5 Å². The third-order valence-corrected chi connectivity index (χ3v) is 1.57. The predicted molar refractivity (Wildman–Crippen MR) is 44.1 cm³/mol. The highest BCUT2D eigenvalue weighted by Crippen LogP contribution is 2.02. The van der Waals surface area contributed by atoms with Crippen molar-refractivity contribution in [3.8, 4) is 0 Å². The SMILES string of the molecule is O=C(c1cn[nH]c1)c1cccnn1. The third-order valence-electron chi connectivity index (χ3n) is 1.57. The molecule has 2 aromatic rings. The summed E-state index contributed by atoms with van der Waals surface area (Å²) < 4.78 is 0. The second kappa shape index (κ2) is 3.14. The summed E-state index contributed by atoms with van der Waals surface area (Å²) in [7, 11) is 0. The largest absolute Gasteiger partial charge is 0.287 e. The van der Waals surface area contributed by atoms with E-state index >= 15 is 0 Å². The van der Waals surface area contributed by atoms with Gasteiger partial charge < -0.3 is 0 Å².